The Hall–Kier alpha value is 0. The van der Waals surface area contributed by atoms with E-state index in [0.29, 0.717) is 5.41 Å². The second-order valence-corrected chi connectivity index (χ2v) is 4.10. The fourth-order valence-electron chi connectivity index (χ4n) is 2.48. The van der Waals surface area contributed by atoms with Gasteiger partial charge in [0.05, 0.1) is 0 Å². The standard InChI is InChI=1S/C10H20/c1-5-9-7-8(3)10(9,4)6-2/h8-9H,5-7H2,1-4H3. The molecule has 0 bridgehead atoms. The van der Waals surface area contributed by atoms with Crippen molar-refractivity contribution >= 4 is 0 Å². The maximum atomic E-state index is 2.45. The van der Waals surface area contributed by atoms with E-state index in [1.54, 1.807) is 0 Å². The predicted octanol–water partition coefficient (Wildman–Crippen LogP) is 3.47. The van der Waals surface area contributed by atoms with Gasteiger partial charge in [0.2, 0.25) is 0 Å². The highest BCUT2D eigenvalue weighted by Crippen LogP contribution is 2.54. The molecule has 0 radical (unpaired) electrons. The van der Waals surface area contributed by atoms with E-state index in [9.17, 15) is 0 Å². The second-order valence-electron chi connectivity index (χ2n) is 4.10. The summed E-state index contributed by atoms with van der Waals surface area (Å²) in [4.78, 5) is 0. The van der Waals surface area contributed by atoms with Gasteiger partial charge in [-0.15, -0.1) is 0 Å². The molecular weight excluding hydrogens is 120 g/mol. The molecule has 0 spiro atoms. The van der Waals surface area contributed by atoms with E-state index in [4.69, 9.17) is 0 Å². The van der Waals surface area contributed by atoms with Gasteiger partial charge in [0, 0.05) is 0 Å². The summed E-state index contributed by atoms with van der Waals surface area (Å²) in [6.45, 7) is 9.51. The normalized spacial score (nSPS) is 46.8. The quantitative estimate of drug-likeness (QED) is 0.551. The van der Waals surface area contributed by atoms with E-state index >= 15 is 0 Å². The Kier molecular flexibility index (Phi) is 2.07. The number of rotatable bonds is 2. The molecule has 0 aromatic heterocycles. The van der Waals surface area contributed by atoms with E-state index in [1.165, 1.54) is 19.3 Å². The lowest BCUT2D eigenvalue weighted by molar-refractivity contribution is -0.0316. The zero-order valence-electron chi connectivity index (χ0n) is 7.78. The summed E-state index contributed by atoms with van der Waals surface area (Å²) in [5.41, 5.74) is 0.689. The van der Waals surface area contributed by atoms with Crippen molar-refractivity contribution in [1.29, 1.82) is 0 Å². The van der Waals surface area contributed by atoms with Crippen LogP contribution < -0.4 is 0 Å². The smallest absolute Gasteiger partial charge is 0.0274 e. The molecule has 1 aliphatic carbocycles. The molecule has 0 heterocycles. The van der Waals surface area contributed by atoms with Crippen LogP contribution in [0.2, 0.25) is 0 Å². The lowest BCUT2D eigenvalue weighted by Gasteiger charge is -2.53. The van der Waals surface area contributed by atoms with Crippen molar-refractivity contribution in [3.63, 3.8) is 0 Å². The van der Waals surface area contributed by atoms with Gasteiger partial charge in [0.15, 0.2) is 0 Å². The maximum Gasteiger partial charge on any atom is -0.0274 e. The van der Waals surface area contributed by atoms with Crippen LogP contribution in [0.25, 0.3) is 0 Å². The zero-order chi connectivity index (χ0) is 7.78. The largest absolute Gasteiger partial charge is 0.0651 e. The molecule has 3 atom stereocenters. The highest BCUT2D eigenvalue weighted by molar-refractivity contribution is 4.95. The summed E-state index contributed by atoms with van der Waals surface area (Å²) in [7, 11) is 0. The van der Waals surface area contributed by atoms with Crippen molar-refractivity contribution in [2.45, 2.75) is 47.0 Å². The Labute approximate surface area is 65.0 Å². The van der Waals surface area contributed by atoms with Crippen LogP contribution in [-0.2, 0) is 0 Å². The van der Waals surface area contributed by atoms with Crippen LogP contribution in [0.1, 0.15) is 47.0 Å². The molecule has 3 unspecified atom stereocenters. The third kappa shape index (κ3) is 0.889. The van der Waals surface area contributed by atoms with E-state index < -0.39 is 0 Å². The average molecular weight is 140 g/mol. The van der Waals surface area contributed by atoms with Gasteiger partial charge in [-0.2, -0.15) is 0 Å². The molecule has 0 saturated heterocycles. The highest BCUT2D eigenvalue weighted by atomic mass is 14.5. The Balaban J connectivity index is 2.54. The molecule has 0 aromatic rings. The summed E-state index contributed by atoms with van der Waals surface area (Å²) in [5, 5.41) is 0. The van der Waals surface area contributed by atoms with Crippen molar-refractivity contribution in [3.05, 3.63) is 0 Å². The van der Waals surface area contributed by atoms with Gasteiger partial charge in [-0.3, -0.25) is 0 Å². The van der Waals surface area contributed by atoms with Crippen LogP contribution in [-0.4, -0.2) is 0 Å². The Morgan fingerprint density at radius 3 is 2.20 bits per heavy atom. The van der Waals surface area contributed by atoms with Gasteiger partial charge in [-0.25, -0.2) is 0 Å². The van der Waals surface area contributed by atoms with Crippen molar-refractivity contribution < 1.29 is 0 Å². The first-order valence-corrected chi connectivity index (χ1v) is 4.65. The monoisotopic (exact) mass is 140 g/mol. The van der Waals surface area contributed by atoms with Crippen molar-refractivity contribution in [1.82, 2.24) is 0 Å². The molecule has 0 aliphatic heterocycles. The fourth-order valence-corrected chi connectivity index (χ4v) is 2.48. The minimum absolute atomic E-state index is 0.689. The van der Waals surface area contributed by atoms with E-state index in [-0.39, 0.29) is 0 Å². The zero-order valence-corrected chi connectivity index (χ0v) is 7.78. The summed E-state index contributed by atoms with van der Waals surface area (Å²) < 4.78 is 0. The maximum absolute atomic E-state index is 2.45. The molecule has 0 aromatic carbocycles. The van der Waals surface area contributed by atoms with E-state index in [1.807, 2.05) is 0 Å². The third-order valence-corrected chi connectivity index (χ3v) is 3.95. The molecule has 10 heavy (non-hydrogen) atoms. The van der Waals surface area contributed by atoms with Gasteiger partial charge in [0.1, 0.15) is 0 Å². The summed E-state index contributed by atoms with van der Waals surface area (Å²) in [6, 6.07) is 0. The summed E-state index contributed by atoms with van der Waals surface area (Å²) in [6.07, 6.45) is 4.22. The SMILES string of the molecule is CCC1CC(C)C1(C)CC. The van der Waals surface area contributed by atoms with Gasteiger partial charge >= 0.3 is 0 Å². The molecule has 0 heteroatoms. The molecule has 60 valence electrons. The summed E-state index contributed by atoms with van der Waals surface area (Å²) in [5.74, 6) is 2.00. The lowest BCUT2D eigenvalue weighted by atomic mass is 9.52. The molecular formula is C10H20. The second kappa shape index (κ2) is 2.56. The van der Waals surface area contributed by atoms with Crippen LogP contribution in [0.5, 0.6) is 0 Å². The number of hydrogen-bond acceptors (Lipinski definition) is 0. The van der Waals surface area contributed by atoms with Gasteiger partial charge in [-0.05, 0) is 23.7 Å². The minimum atomic E-state index is 0.689. The van der Waals surface area contributed by atoms with Gasteiger partial charge in [0.25, 0.3) is 0 Å². The molecule has 1 rings (SSSR count). The first-order chi connectivity index (χ1) is 4.65. The number of hydrogen-bond donors (Lipinski definition) is 0. The Bertz CT molecular complexity index is 117. The van der Waals surface area contributed by atoms with Crippen molar-refractivity contribution in [2.24, 2.45) is 17.3 Å². The van der Waals surface area contributed by atoms with Gasteiger partial charge < -0.3 is 0 Å². The molecule has 1 saturated carbocycles. The molecule has 0 nitrogen and oxygen atoms in total. The first-order valence-electron chi connectivity index (χ1n) is 4.65. The Morgan fingerprint density at radius 1 is 1.40 bits per heavy atom. The average Bonchev–Trinajstić information content (AvgIpc) is 1.98. The molecule has 1 fully saturated rings. The predicted molar refractivity (Wildman–Crippen MR) is 46.0 cm³/mol. The van der Waals surface area contributed by atoms with Crippen LogP contribution in [0.15, 0.2) is 0 Å². The van der Waals surface area contributed by atoms with Crippen molar-refractivity contribution in [3.8, 4) is 0 Å². The summed E-state index contributed by atoms with van der Waals surface area (Å²) >= 11 is 0. The van der Waals surface area contributed by atoms with Crippen LogP contribution in [0.3, 0.4) is 0 Å². The fraction of sp³-hybridized carbons (Fsp3) is 1.00. The molecule has 0 N–H and O–H groups in total. The minimum Gasteiger partial charge on any atom is -0.0651 e. The van der Waals surface area contributed by atoms with E-state index in [2.05, 4.69) is 27.7 Å². The van der Waals surface area contributed by atoms with Crippen LogP contribution in [0, 0.1) is 17.3 Å². The Morgan fingerprint density at radius 2 is 2.00 bits per heavy atom. The van der Waals surface area contributed by atoms with Crippen molar-refractivity contribution in [2.75, 3.05) is 0 Å². The molecule has 1 aliphatic rings. The first kappa shape index (κ1) is 8.10. The topological polar surface area (TPSA) is 0 Å². The van der Waals surface area contributed by atoms with Crippen LogP contribution in [0.4, 0.5) is 0 Å². The third-order valence-electron chi connectivity index (χ3n) is 3.95. The van der Waals surface area contributed by atoms with Crippen LogP contribution >= 0.6 is 0 Å². The lowest BCUT2D eigenvalue weighted by Crippen LogP contribution is -2.44. The van der Waals surface area contributed by atoms with E-state index in [0.717, 1.165) is 11.8 Å². The van der Waals surface area contributed by atoms with Gasteiger partial charge in [-0.1, -0.05) is 40.5 Å². The molecule has 0 amide bonds. The highest BCUT2D eigenvalue weighted by Gasteiger charge is 2.45.